The fourth-order valence-corrected chi connectivity index (χ4v) is 2.30. The second-order valence-electron chi connectivity index (χ2n) is 3.73. The van der Waals surface area contributed by atoms with Crippen molar-refractivity contribution in [1.29, 1.82) is 0 Å². The zero-order valence-electron chi connectivity index (χ0n) is 9.00. The van der Waals surface area contributed by atoms with E-state index in [4.69, 9.17) is 10.8 Å². The van der Waals surface area contributed by atoms with Crippen LogP contribution in [-0.4, -0.2) is 31.8 Å². The number of fused-ring (bicyclic) bond motifs is 1. The molecule has 3 N–H and O–H groups in total. The van der Waals surface area contributed by atoms with E-state index in [0.29, 0.717) is 5.82 Å². The molecule has 5 nitrogen and oxygen atoms in total. The van der Waals surface area contributed by atoms with Gasteiger partial charge in [-0.25, -0.2) is 9.97 Å². The first-order chi connectivity index (χ1) is 7.70. The van der Waals surface area contributed by atoms with Crippen LogP contribution >= 0.6 is 11.8 Å². The standard InChI is InChI=1S/C10H14N4OS/c1-7(5-15)6-16-10-9-12-2-3-14(9)4-8(11)13-10/h2-4,7,15H,5-6,11H2,1H3. The molecule has 2 heterocycles. The molecule has 2 rings (SSSR count). The van der Waals surface area contributed by atoms with Crippen LogP contribution < -0.4 is 5.73 Å². The van der Waals surface area contributed by atoms with Crippen molar-refractivity contribution in [3.8, 4) is 0 Å². The maximum Gasteiger partial charge on any atom is 0.169 e. The number of nitrogens with two attached hydrogens (primary N) is 1. The Balaban J connectivity index is 2.25. The maximum absolute atomic E-state index is 8.96. The van der Waals surface area contributed by atoms with Gasteiger partial charge in [-0.05, 0) is 5.92 Å². The minimum Gasteiger partial charge on any atom is -0.396 e. The van der Waals surface area contributed by atoms with Crippen LogP contribution in [0.4, 0.5) is 5.82 Å². The van der Waals surface area contributed by atoms with Gasteiger partial charge in [0.05, 0.1) is 6.20 Å². The fraction of sp³-hybridized carbons (Fsp3) is 0.400. The number of anilines is 1. The summed E-state index contributed by atoms with van der Waals surface area (Å²) in [6, 6.07) is 0. The number of aliphatic hydroxyl groups excluding tert-OH is 1. The minimum atomic E-state index is 0.181. The quantitative estimate of drug-likeness (QED) is 0.778. The highest BCUT2D eigenvalue weighted by atomic mass is 32.2. The highest BCUT2D eigenvalue weighted by Gasteiger charge is 2.08. The van der Waals surface area contributed by atoms with Gasteiger partial charge in [-0.15, -0.1) is 11.8 Å². The molecule has 6 heteroatoms. The van der Waals surface area contributed by atoms with Crippen LogP contribution in [0.1, 0.15) is 6.92 Å². The molecule has 1 unspecified atom stereocenters. The van der Waals surface area contributed by atoms with E-state index in [-0.39, 0.29) is 12.5 Å². The summed E-state index contributed by atoms with van der Waals surface area (Å²) < 4.78 is 1.86. The number of hydrogen-bond acceptors (Lipinski definition) is 5. The van der Waals surface area contributed by atoms with Gasteiger partial charge in [-0.3, -0.25) is 0 Å². The molecule has 0 radical (unpaired) electrons. The largest absolute Gasteiger partial charge is 0.396 e. The van der Waals surface area contributed by atoms with E-state index in [9.17, 15) is 0 Å². The fourth-order valence-electron chi connectivity index (χ4n) is 1.29. The first-order valence-corrected chi connectivity index (χ1v) is 6.02. The van der Waals surface area contributed by atoms with E-state index in [1.807, 2.05) is 17.5 Å². The zero-order chi connectivity index (χ0) is 11.5. The van der Waals surface area contributed by atoms with Gasteiger partial charge in [-0.2, -0.15) is 0 Å². The van der Waals surface area contributed by atoms with E-state index < -0.39 is 0 Å². The smallest absolute Gasteiger partial charge is 0.169 e. The molecular weight excluding hydrogens is 224 g/mol. The molecule has 16 heavy (non-hydrogen) atoms. The Kier molecular flexibility index (Phi) is 3.31. The van der Waals surface area contributed by atoms with Crippen molar-refractivity contribution in [1.82, 2.24) is 14.4 Å². The summed E-state index contributed by atoms with van der Waals surface area (Å²) >= 11 is 1.57. The third-order valence-corrected chi connectivity index (χ3v) is 3.46. The highest BCUT2D eigenvalue weighted by molar-refractivity contribution is 7.99. The number of aliphatic hydroxyl groups is 1. The van der Waals surface area contributed by atoms with Crippen molar-refractivity contribution in [2.24, 2.45) is 5.92 Å². The normalized spacial score (nSPS) is 13.1. The van der Waals surface area contributed by atoms with Gasteiger partial charge in [0.1, 0.15) is 10.8 Å². The van der Waals surface area contributed by atoms with Crippen LogP contribution in [0.5, 0.6) is 0 Å². The van der Waals surface area contributed by atoms with Crippen LogP contribution in [0.15, 0.2) is 23.6 Å². The molecule has 0 amide bonds. The predicted molar refractivity (Wildman–Crippen MR) is 64.4 cm³/mol. The number of rotatable bonds is 4. The summed E-state index contributed by atoms with van der Waals surface area (Å²) in [6.07, 6.45) is 5.30. The molecule has 2 aromatic heterocycles. The first kappa shape index (κ1) is 11.2. The van der Waals surface area contributed by atoms with E-state index in [1.165, 1.54) is 0 Å². The minimum absolute atomic E-state index is 0.181. The molecule has 0 aliphatic heterocycles. The molecule has 0 aromatic carbocycles. The van der Waals surface area contributed by atoms with Crippen molar-refractivity contribution in [2.75, 3.05) is 18.1 Å². The number of imidazole rings is 1. The summed E-state index contributed by atoms with van der Waals surface area (Å²) in [7, 11) is 0. The summed E-state index contributed by atoms with van der Waals surface area (Å²) in [5, 5.41) is 9.77. The summed E-state index contributed by atoms with van der Waals surface area (Å²) in [5.74, 6) is 1.52. The second-order valence-corrected chi connectivity index (χ2v) is 4.74. The molecule has 0 saturated carbocycles. The summed E-state index contributed by atoms with van der Waals surface area (Å²) in [4.78, 5) is 8.48. The van der Waals surface area contributed by atoms with E-state index >= 15 is 0 Å². The Morgan fingerprint density at radius 1 is 1.62 bits per heavy atom. The van der Waals surface area contributed by atoms with Crippen LogP contribution in [0.3, 0.4) is 0 Å². The van der Waals surface area contributed by atoms with Crippen molar-refractivity contribution in [3.05, 3.63) is 18.6 Å². The van der Waals surface area contributed by atoms with E-state index in [0.717, 1.165) is 16.4 Å². The molecule has 0 saturated heterocycles. The summed E-state index contributed by atoms with van der Waals surface area (Å²) in [5.41, 5.74) is 6.51. The molecule has 0 aliphatic carbocycles. The predicted octanol–water partition coefficient (Wildman–Crippen LogP) is 1.03. The first-order valence-electron chi connectivity index (χ1n) is 5.03. The Morgan fingerprint density at radius 3 is 3.19 bits per heavy atom. The second kappa shape index (κ2) is 4.71. The van der Waals surface area contributed by atoms with Crippen LogP contribution in [0.2, 0.25) is 0 Å². The Morgan fingerprint density at radius 2 is 2.44 bits per heavy atom. The molecule has 0 spiro atoms. The number of nitrogen functional groups attached to an aromatic ring is 1. The van der Waals surface area contributed by atoms with Gasteiger partial charge in [0.25, 0.3) is 0 Å². The van der Waals surface area contributed by atoms with Gasteiger partial charge in [0.2, 0.25) is 0 Å². The Bertz CT molecular complexity index is 485. The third kappa shape index (κ3) is 2.28. The number of nitrogens with zero attached hydrogens (tertiary/aromatic N) is 3. The average molecular weight is 238 g/mol. The number of aromatic nitrogens is 3. The lowest BCUT2D eigenvalue weighted by Gasteiger charge is -2.07. The molecule has 2 aromatic rings. The topological polar surface area (TPSA) is 76.4 Å². The Labute approximate surface area is 97.7 Å². The molecule has 0 bridgehead atoms. The van der Waals surface area contributed by atoms with Gasteiger partial charge < -0.3 is 15.2 Å². The van der Waals surface area contributed by atoms with Crippen molar-refractivity contribution < 1.29 is 5.11 Å². The molecule has 0 fully saturated rings. The lowest BCUT2D eigenvalue weighted by Crippen LogP contribution is -2.04. The highest BCUT2D eigenvalue weighted by Crippen LogP contribution is 2.23. The lowest BCUT2D eigenvalue weighted by molar-refractivity contribution is 0.250. The summed E-state index contributed by atoms with van der Waals surface area (Å²) in [6.45, 7) is 2.17. The number of hydrogen-bond donors (Lipinski definition) is 2. The van der Waals surface area contributed by atoms with Gasteiger partial charge in [0, 0.05) is 24.8 Å². The van der Waals surface area contributed by atoms with E-state index in [1.54, 1.807) is 24.2 Å². The van der Waals surface area contributed by atoms with E-state index in [2.05, 4.69) is 9.97 Å². The molecular formula is C10H14N4OS. The SMILES string of the molecule is CC(CO)CSc1nc(N)cn2ccnc12. The molecule has 0 aliphatic rings. The zero-order valence-corrected chi connectivity index (χ0v) is 9.81. The van der Waals surface area contributed by atoms with Gasteiger partial charge in [0.15, 0.2) is 5.65 Å². The van der Waals surface area contributed by atoms with Gasteiger partial charge in [-0.1, -0.05) is 6.92 Å². The lowest BCUT2D eigenvalue weighted by atomic mass is 10.2. The monoisotopic (exact) mass is 238 g/mol. The van der Waals surface area contributed by atoms with Crippen LogP contribution in [-0.2, 0) is 0 Å². The number of thioether (sulfide) groups is 1. The molecule has 86 valence electrons. The molecule has 1 atom stereocenters. The van der Waals surface area contributed by atoms with Crippen molar-refractivity contribution in [2.45, 2.75) is 11.9 Å². The van der Waals surface area contributed by atoms with Gasteiger partial charge >= 0.3 is 0 Å². The van der Waals surface area contributed by atoms with Crippen LogP contribution in [0.25, 0.3) is 5.65 Å². The maximum atomic E-state index is 8.96. The Hall–Kier alpha value is -1.27. The van der Waals surface area contributed by atoms with Crippen molar-refractivity contribution in [3.63, 3.8) is 0 Å². The van der Waals surface area contributed by atoms with Crippen LogP contribution in [0, 0.1) is 5.92 Å². The average Bonchev–Trinajstić information content (AvgIpc) is 2.73. The van der Waals surface area contributed by atoms with Crippen molar-refractivity contribution >= 4 is 23.2 Å². The third-order valence-electron chi connectivity index (χ3n) is 2.18.